The summed E-state index contributed by atoms with van der Waals surface area (Å²) in [6.45, 7) is 5.34. The van der Waals surface area contributed by atoms with E-state index in [0.717, 1.165) is 0 Å². The molecule has 6 nitrogen and oxygen atoms in total. The maximum Gasteiger partial charge on any atom is 0.411 e. The maximum absolute atomic E-state index is 12.0. The van der Waals surface area contributed by atoms with Gasteiger partial charge in [0.1, 0.15) is 11.6 Å². The second-order valence-corrected chi connectivity index (χ2v) is 5.40. The van der Waals surface area contributed by atoms with Crippen LogP contribution in [0.3, 0.4) is 0 Å². The Morgan fingerprint density at radius 2 is 1.89 bits per heavy atom. The van der Waals surface area contributed by atoms with Crippen LogP contribution in [0.4, 0.5) is 4.79 Å². The Labute approximate surface area is 107 Å². The summed E-state index contributed by atoms with van der Waals surface area (Å²) in [5.41, 5.74) is -0.639. The minimum Gasteiger partial charge on any atom is -0.467 e. The molecule has 1 unspecified atom stereocenters. The van der Waals surface area contributed by atoms with Crippen molar-refractivity contribution in [2.24, 2.45) is 0 Å². The predicted octanol–water partition coefficient (Wildman–Crippen LogP) is 0.920. The van der Waals surface area contributed by atoms with E-state index in [1.54, 1.807) is 20.8 Å². The van der Waals surface area contributed by atoms with Crippen molar-refractivity contribution >= 4 is 12.1 Å². The highest BCUT2D eigenvalue weighted by atomic mass is 16.6. The quantitative estimate of drug-likeness (QED) is 0.709. The fourth-order valence-corrected chi connectivity index (χ4v) is 1.86. The van der Waals surface area contributed by atoms with Crippen LogP contribution in [0.1, 0.15) is 33.6 Å². The zero-order valence-electron chi connectivity index (χ0n) is 11.3. The second kappa shape index (κ2) is 5.56. The molecular weight excluding hydrogens is 238 g/mol. The lowest BCUT2D eigenvalue weighted by molar-refractivity contribution is -0.149. The van der Waals surface area contributed by atoms with E-state index in [2.05, 4.69) is 4.74 Å². The third-order valence-electron chi connectivity index (χ3n) is 2.66. The van der Waals surface area contributed by atoms with Gasteiger partial charge in [-0.1, -0.05) is 0 Å². The summed E-state index contributed by atoms with van der Waals surface area (Å²) >= 11 is 0. The standard InChI is InChI=1S/C12H21NO5/c1-12(2,3)18-11(16)13-7-8(14)5-6-9(13)10(15)17-4/h8-9,14H,5-7H2,1-4H3/t8?,9-/m0/s1. The number of ether oxygens (including phenoxy) is 2. The average molecular weight is 259 g/mol. The normalized spacial score (nSPS) is 24.6. The number of rotatable bonds is 1. The van der Waals surface area contributed by atoms with Gasteiger partial charge in [0.2, 0.25) is 0 Å². The lowest BCUT2D eigenvalue weighted by atomic mass is 10.0. The number of hydrogen-bond acceptors (Lipinski definition) is 5. The molecule has 0 radical (unpaired) electrons. The van der Waals surface area contributed by atoms with E-state index in [-0.39, 0.29) is 6.54 Å². The van der Waals surface area contributed by atoms with Crippen LogP contribution in [0.2, 0.25) is 0 Å². The van der Waals surface area contributed by atoms with E-state index in [1.807, 2.05) is 0 Å². The molecule has 0 aromatic rings. The molecule has 1 N–H and O–H groups in total. The number of esters is 1. The highest BCUT2D eigenvalue weighted by Crippen LogP contribution is 2.21. The summed E-state index contributed by atoms with van der Waals surface area (Å²) < 4.78 is 9.88. The minimum atomic E-state index is -0.673. The summed E-state index contributed by atoms with van der Waals surface area (Å²) in [5, 5.41) is 9.60. The van der Waals surface area contributed by atoms with Gasteiger partial charge in [0.25, 0.3) is 0 Å². The molecule has 0 saturated carbocycles. The molecule has 0 spiro atoms. The van der Waals surface area contributed by atoms with Gasteiger partial charge < -0.3 is 14.6 Å². The van der Waals surface area contributed by atoms with Crippen molar-refractivity contribution in [3.63, 3.8) is 0 Å². The number of methoxy groups -OCH3 is 1. The van der Waals surface area contributed by atoms with E-state index in [0.29, 0.717) is 12.8 Å². The molecule has 2 atom stereocenters. The number of nitrogens with zero attached hydrogens (tertiary/aromatic N) is 1. The van der Waals surface area contributed by atoms with Gasteiger partial charge in [-0.15, -0.1) is 0 Å². The van der Waals surface area contributed by atoms with Gasteiger partial charge in [-0.25, -0.2) is 9.59 Å². The highest BCUT2D eigenvalue weighted by molar-refractivity contribution is 5.81. The molecule has 0 aliphatic carbocycles. The second-order valence-electron chi connectivity index (χ2n) is 5.40. The number of β-amino-alcohol motifs (C(OH)–C–C–N with tert-alkyl or cyclic N) is 1. The average Bonchev–Trinajstić information content (AvgIpc) is 2.25. The molecule has 1 rings (SSSR count). The molecule has 1 aliphatic rings. The fraction of sp³-hybridized carbons (Fsp3) is 0.833. The summed E-state index contributed by atoms with van der Waals surface area (Å²) in [7, 11) is 1.28. The number of carbonyl (C=O) groups excluding carboxylic acids is 2. The van der Waals surface area contributed by atoms with Crippen molar-refractivity contribution in [2.45, 2.75) is 51.4 Å². The van der Waals surface area contributed by atoms with Crippen molar-refractivity contribution < 1.29 is 24.2 Å². The van der Waals surface area contributed by atoms with Crippen molar-refractivity contribution in [2.75, 3.05) is 13.7 Å². The Hall–Kier alpha value is -1.30. The van der Waals surface area contributed by atoms with Gasteiger partial charge in [-0.3, -0.25) is 4.90 Å². The number of aliphatic hydroxyl groups is 1. The summed E-state index contributed by atoms with van der Waals surface area (Å²) in [6, 6.07) is -0.673. The molecular formula is C12H21NO5. The van der Waals surface area contributed by atoms with Crippen LogP contribution in [-0.2, 0) is 14.3 Å². The van der Waals surface area contributed by atoms with Gasteiger partial charge in [0, 0.05) is 0 Å². The smallest absolute Gasteiger partial charge is 0.411 e. The van der Waals surface area contributed by atoms with E-state index >= 15 is 0 Å². The molecule has 18 heavy (non-hydrogen) atoms. The van der Waals surface area contributed by atoms with Crippen molar-refractivity contribution in [1.29, 1.82) is 0 Å². The SMILES string of the molecule is COC(=O)[C@@H]1CCC(O)CN1C(=O)OC(C)(C)C. The molecule has 0 aromatic carbocycles. The Bertz CT molecular complexity index is 323. The number of hydrogen-bond donors (Lipinski definition) is 1. The lowest BCUT2D eigenvalue weighted by Crippen LogP contribution is -2.53. The van der Waals surface area contributed by atoms with Crippen LogP contribution in [-0.4, -0.2) is 53.5 Å². The topological polar surface area (TPSA) is 76.1 Å². The number of piperidine rings is 1. The highest BCUT2D eigenvalue weighted by Gasteiger charge is 2.38. The lowest BCUT2D eigenvalue weighted by Gasteiger charge is -2.36. The Morgan fingerprint density at radius 3 is 2.39 bits per heavy atom. The number of amides is 1. The van der Waals surface area contributed by atoms with E-state index in [4.69, 9.17) is 4.74 Å². The molecule has 1 heterocycles. The maximum atomic E-state index is 12.0. The van der Waals surface area contributed by atoms with E-state index < -0.39 is 29.8 Å². The summed E-state index contributed by atoms with van der Waals surface area (Å²) in [6.07, 6.45) is -0.373. The molecule has 1 fully saturated rings. The van der Waals surface area contributed by atoms with Crippen LogP contribution in [0, 0.1) is 0 Å². The van der Waals surface area contributed by atoms with Gasteiger partial charge in [0.15, 0.2) is 0 Å². The number of aliphatic hydroxyl groups excluding tert-OH is 1. The summed E-state index contributed by atoms with van der Waals surface area (Å²) in [4.78, 5) is 24.8. The molecule has 0 aromatic heterocycles. The van der Waals surface area contributed by atoms with Crippen LogP contribution >= 0.6 is 0 Å². The fourth-order valence-electron chi connectivity index (χ4n) is 1.86. The first kappa shape index (κ1) is 14.8. The van der Waals surface area contributed by atoms with Gasteiger partial charge in [0.05, 0.1) is 19.8 Å². The zero-order valence-corrected chi connectivity index (χ0v) is 11.3. The van der Waals surface area contributed by atoms with Crippen molar-refractivity contribution in [1.82, 2.24) is 4.90 Å². The molecule has 104 valence electrons. The van der Waals surface area contributed by atoms with E-state index in [1.165, 1.54) is 12.0 Å². The van der Waals surface area contributed by atoms with Crippen molar-refractivity contribution in [3.05, 3.63) is 0 Å². The molecule has 0 bridgehead atoms. The van der Waals surface area contributed by atoms with Gasteiger partial charge >= 0.3 is 12.1 Å². The predicted molar refractivity (Wildman–Crippen MR) is 64.0 cm³/mol. The molecule has 1 saturated heterocycles. The Balaban J connectivity index is 2.78. The number of likely N-dealkylation sites (tertiary alicyclic amines) is 1. The third-order valence-corrected chi connectivity index (χ3v) is 2.66. The first-order chi connectivity index (χ1) is 8.24. The number of carbonyl (C=O) groups is 2. The van der Waals surface area contributed by atoms with Crippen LogP contribution in [0.15, 0.2) is 0 Å². The largest absolute Gasteiger partial charge is 0.467 e. The molecule has 1 aliphatic heterocycles. The van der Waals surface area contributed by atoms with E-state index in [9.17, 15) is 14.7 Å². The third kappa shape index (κ3) is 3.87. The van der Waals surface area contributed by atoms with Crippen LogP contribution in [0.25, 0.3) is 0 Å². The Morgan fingerprint density at radius 1 is 1.28 bits per heavy atom. The van der Waals surface area contributed by atoms with Crippen LogP contribution in [0.5, 0.6) is 0 Å². The molecule has 6 heteroatoms. The van der Waals surface area contributed by atoms with Gasteiger partial charge in [-0.05, 0) is 33.6 Å². The first-order valence-corrected chi connectivity index (χ1v) is 6.00. The Kier molecular flexibility index (Phi) is 4.56. The van der Waals surface area contributed by atoms with Crippen molar-refractivity contribution in [3.8, 4) is 0 Å². The minimum absolute atomic E-state index is 0.0919. The van der Waals surface area contributed by atoms with Gasteiger partial charge in [-0.2, -0.15) is 0 Å². The molecule has 1 amide bonds. The monoisotopic (exact) mass is 259 g/mol. The first-order valence-electron chi connectivity index (χ1n) is 6.00. The van der Waals surface area contributed by atoms with Crippen LogP contribution < -0.4 is 0 Å². The zero-order chi connectivity index (χ0) is 13.9. The summed E-state index contributed by atoms with van der Waals surface area (Å²) in [5.74, 6) is -0.479.